The van der Waals surface area contributed by atoms with Crippen LogP contribution in [0.1, 0.15) is 19.4 Å². The Morgan fingerprint density at radius 3 is 2.48 bits per heavy atom. The molecule has 0 bridgehead atoms. The normalized spacial score (nSPS) is 22.7. The standard InChI is InChI=1S/C15H17Cl2NO3/c1-15(2)11(12(15)14(20)21)13(19)18-6-5-8-3-4-9(16)7-10(8)17/h3-4,7,11-12H,5-6H2,1-2H3,(H,18,19)(H,20,21)/t11-,12+/m1/s1. The highest BCUT2D eigenvalue weighted by Crippen LogP contribution is 2.58. The average Bonchev–Trinajstić information content (AvgIpc) is 2.95. The molecule has 21 heavy (non-hydrogen) atoms. The van der Waals surface area contributed by atoms with Gasteiger partial charge in [-0.2, -0.15) is 0 Å². The number of halogens is 2. The van der Waals surface area contributed by atoms with Crippen molar-refractivity contribution >= 4 is 35.1 Å². The second-order valence-corrected chi connectivity index (χ2v) is 6.74. The van der Waals surface area contributed by atoms with Gasteiger partial charge in [-0.05, 0) is 29.5 Å². The van der Waals surface area contributed by atoms with Crippen LogP contribution in [0.2, 0.25) is 10.0 Å². The van der Waals surface area contributed by atoms with Crippen LogP contribution in [0.25, 0.3) is 0 Å². The van der Waals surface area contributed by atoms with E-state index in [2.05, 4.69) is 5.32 Å². The van der Waals surface area contributed by atoms with Crippen molar-refractivity contribution < 1.29 is 14.7 Å². The summed E-state index contributed by atoms with van der Waals surface area (Å²) in [5.74, 6) is -2.19. The van der Waals surface area contributed by atoms with Crippen LogP contribution in [-0.4, -0.2) is 23.5 Å². The number of nitrogens with one attached hydrogen (secondary N) is 1. The van der Waals surface area contributed by atoms with Gasteiger partial charge in [0.05, 0.1) is 11.8 Å². The van der Waals surface area contributed by atoms with Gasteiger partial charge in [0.15, 0.2) is 0 Å². The van der Waals surface area contributed by atoms with E-state index in [4.69, 9.17) is 28.3 Å². The van der Waals surface area contributed by atoms with Crippen molar-refractivity contribution in [2.45, 2.75) is 20.3 Å². The molecule has 0 radical (unpaired) electrons. The second kappa shape index (κ2) is 5.85. The summed E-state index contributed by atoms with van der Waals surface area (Å²) in [6.45, 7) is 4.01. The quantitative estimate of drug-likeness (QED) is 0.872. The summed E-state index contributed by atoms with van der Waals surface area (Å²) in [4.78, 5) is 23.1. The van der Waals surface area contributed by atoms with Gasteiger partial charge in [-0.1, -0.05) is 43.1 Å². The molecule has 1 aliphatic rings. The molecular weight excluding hydrogens is 313 g/mol. The lowest BCUT2D eigenvalue weighted by Crippen LogP contribution is -2.29. The van der Waals surface area contributed by atoms with Crippen LogP contribution in [0.5, 0.6) is 0 Å². The lowest BCUT2D eigenvalue weighted by molar-refractivity contribution is -0.140. The fourth-order valence-electron chi connectivity index (χ4n) is 2.74. The van der Waals surface area contributed by atoms with E-state index >= 15 is 0 Å². The molecule has 1 fully saturated rings. The van der Waals surface area contributed by atoms with Crippen LogP contribution in [0.3, 0.4) is 0 Å². The van der Waals surface area contributed by atoms with E-state index < -0.39 is 23.2 Å². The van der Waals surface area contributed by atoms with Crippen molar-refractivity contribution in [3.05, 3.63) is 33.8 Å². The number of benzene rings is 1. The summed E-state index contributed by atoms with van der Waals surface area (Å²) >= 11 is 11.9. The van der Waals surface area contributed by atoms with Crippen LogP contribution in [0.15, 0.2) is 18.2 Å². The Hall–Kier alpha value is -1.26. The number of carbonyl (C=O) groups excluding carboxylic acids is 1. The second-order valence-electron chi connectivity index (χ2n) is 5.89. The van der Waals surface area contributed by atoms with Gasteiger partial charge >= 0.3 is 5.97 Å². The predicted octanol–water partition coefficient (Wildman–Crippen LogP) is 3.01. The van der Waals surface area contributed by atoms with Gasteiger partial charge in [0, 0.05) is 16.6 Å². The first-order chi connectivity index (χ1) is 9.75. The Balaban J connectivity index is 1.87. The van der Waals surface area contributed by atoms with Crippen LogP contribution in [0, 0.1) is 17.3 Å². The molecule has 1 aliphatic carbocycles. The van der Waals surface area contributed by atoms with E-state index in [1.165, 1.54) is 0 Å². The van der Waals surface area contributed by atoms with Gasteiger partial charge in [-0.3, -0.25) is 9.59 Å². The summed E-state index contributed by atoms with van der Waals surface area (Å²) in [6.07, 6.45) is 0.576. The van der Waals surface area contributed by atoms with Crippen LogP contribution in [-0.2, 0) is 16.0 Å². The van der Waals surface area contributed by atoms with E-state index in [0.29, 0.717) is 23.0 Å². The molecule has 6 heteroatoms. The maximum Gasteiger partial charge on any atom is 0.307 e. The van der Waals surface area contributed by atoms with Crippen molar-refractivity contribution in [3.8, 4) is 0 Å². The number of carboxylic acids is 1. The number of amides is 1. The van der Waals surface area contributed by atoms with E-state index in [-0.39, 0.29) is 5.91 Å². The highest BCUT2D eigenvalue weighted by molar-refractivity contribution is 6.35. The number of hydrogen-bond donors (Lipinski definition) is 2. The van der Waals surface area contributed by atoms with E-state index in [1.54, 1.807) is 26.0 Å². The van der Waals surface area contributed by atoms with Crippen molar-refractivity contribution in [1.82, 2.24) is 5.32 Å². The van der Waals surface area contributed by atoms with Gasteiger partial charge < -0.3 is 10.4 Å². The fraction of sp³-hybridized carbons (Fsp3) is 0.467. The molecule has 1 aromatic rings. The number of aliphatic carboxylic acids is 1. The zero-order valence-corrected chi connectivity index (χ0v) is 13.3. The van der Waals surface area contributed by atoms with Gasteiger partial charge in [0.25, 0.3) is 0 Å². The Kier molecular flexibility index (Phi) is 4.49. The van der Waals surface area contributed by atoms with E-state index in [9.17, 15) is 9.59 Å². The third kappa shape index (κ3) is 3.33. The smallest absolute Gasteiger partial charge is 0.307 e. The Bertz CT molecular complexity index is 586. The lowest BCUT2D eigenvalue weighted by atomic mass is 10.1. The van der Waals surface area contributed by atoms with Crippen LogP contribution in [0.4, 0.5) is 0 Å². The van der Waals surface area contributed by atoms with Crippen molar-refractivity contribution in [1.29, 1.82) is 0 Å². The number of carbonyl (C=O) groups is 2. The molecule has 0 heterocycles. The minimum Gasteiger partial charge on any atom is -0.481 e. The maximum atomic E-state index is 12.0. The van der Waals surface area contributed by atoms with Gasteiger partial charge in [-0.15, -0.1) is 0 Å². The molecule has 0 spiro atoms. The molecular formula is C15H17Cl2NO3. The first kappa shape index (κ1) is 16.1. The lowest BCUT2D eigenvalue weighted by Gasteiger charge is -2.07. The molecule has 1 aromatic carbocycles. The van der Waals surface area contributed by atoms with Crippen LogP contribution < -0.4 is 5.32 Å². The average molecular weight is 330 g/mol. The molecule has 1 amide bonds. The minimum atomic E-state index is -0.916. The monoisotopic (exact) mass is 329 g/mol. The van der Waals surface area contributed by atoms with Crippen molar-refractivity contribution in [2.24, 2.45) is 17.3 Å². The highest BCUT2D eigenvalue weighted by Gasteiger charge is 2.65. The van der Waals surface area contributed by atoms with Gasteiger partial charge in [0.1, 0.15) is 0 Å². The topological polar surface area (TPSA) is 66.4 Å². The molecule has 4 nitrogen and oxygen atoms in total. The minimum absolute atomic E-state index is 0.211. The molecule has 2 N–H and O–H groups in total. The molecule has 2 rings (SSSR count). The predicted molar refractivity (Wildman–Crippen MR) is 81.6 cm³/mol. The first-order valence-corrected chi connectivity index (χ1v) is 7.45. The van der Waals surface area contributed by atoms with Crippen molar-refractivity contribution in [3.63, 3.8) is 0 Å². The number of rotatable bonds is 5. The summed E-state index contributed by atoms with van der Waals surface area (Å²) in [6, 6.07) is 5.22. The SMILES string of the molecule is CC1(C)[C@H](C(=O)O)[C@@H]1C(=O)NCCc1ccc(Cl)cc1Cl. The summed E-state index contributed by atoms with van der Waals surface area (Å²) in [7, 11) is 0. The summed E-state index contributed by atoms with van der Waals surface area (Å²) in [5.41, 5.74) is 0.416. The fourth-order valence-corrected chi connectivity index (χ4v) is 3.25. The summed E-state index contributed by atoms with van der Waals surface area (Å²) < 4.78 is 0. The largest absolute Gasteiger partial charge is 0.481 e. The molecule has 1 saturated carbocycles. The van der Waals surface area contributed by atoms with Gasteiger partial charge in [-0.25, -0.2) is 0 Å². The van der Waals surface area contributed by atoms with Crippen molar-refractivity contribution in [2.75, 3.05) is 6.54 Å². The molecule has 0 unspecified atom stereocenters. The third-order valence-electron chi connectivity index (χ3n) is 4.08. The van der Waals surface area contributed by atoms with E-state index in [0.717, 1.165) is 5.56 Å². The molecule has 0 aromatic heterocycles. The van der Waals surface area contributed by atoms with E-state index in [1.807, 2.05) is 6.07 Å². The Labute approximate surface area is 133 Å². The maximum absolute atomic E-state index is 12.0. The number of hydrogen-bond acceptors (Lipinski definition) is 2. The number of carboxylic acid groups (broad SMARTS) is 1. The molecule has 2 atom stereocenters. The molecule has 114 valence electrons. The van der Waals surface area contributed by atoms with Gasteiger partial charge in [0.2, 0.25) is 5.91 Å². The zero-order valence-electron chi connectivity index (χ0n) is 11.8. The Morgan fingerprint density at radius 2 is 1.95 bits per heavy atom. The zero-order chi connectivity index (χ0) is 15.8. The molecule has 0 saturated heterocycles. The molecule has 0 aliphatic heterocycles. The first-order valence-electron chi connectivity index (χ1n) is 6.69. The third-order valence-corrected chi connectivity index (χ3v) is 4.67. The van der Waals surface area contributed by atoms with Crippen LogP contribution >= 0.6 is 23.2 Å². The summed E-state index contributed by atoms with van der Waals surface area (Å²) in [5, 5.41) is 13.0. The Morgan fingerprint density at radius 1 is 1.29 bits per heavy atom. The highest BCUT2D eigenvalue weighted by atomic mass is 35.5.